The maximum Gasteiger partial charge on any atom is 0.271 e. The van der Waals surface area contributed by atoms with Crippen LogP contribution in [-0.4, -0.2) is 31.5 Å². The minimum absolute atomic E-state index is 0.0489. The highest BCUT2D eigenvalue weighted by atomic mass is 16.2. The standard InChI is InChI=1S/C19H20N4O/c1-21-11-5-9-16(21)19(24)23-13-6-12-22-14-10-20-18(22)17(23)15-7-3-2-4-8-15/h2-5,7-11,14,17H,6,12-13H2,1H3. The maximum atomic E-state index is 13.2. The zero-order chi connectivity index (χ0) is 16.5. The second-order valence-electron chi connectivity index (χ2n) is 6.15. The first-order valence-corrected chi connectivity index (χ1v) is 8.24. The van der Waals surface area contributed by atoms with E-state index in [1.807, 2.05) is 65.4 Å². The first kappa shape index (κ1) is 14.8. The zero-order valence-electron chi connectivity index (χ0n) is 13.7. The van der Waals surface area contributed by atoms with Crippen LogP contribution in [0.4, 0.5) is 0 Å². The number of aromatic nitrogens is 3. The van der Waals surface area contributed by atoms with Crippen LogP contribution in [0.15, 0.2) is 61.1 Å². The van der Waals surface area contributed by atoms with E-state index >= 15 is 0 Å². The Hall–Kier alpha value is -2.82. The van der Waals surface area contributed by atoms with Gasteiger partial charge in [0.15, 0.2) is 0 Å². The van der Waals surface area contributed by atoms with E-state index in [4.69, 9.17) is 0 Å². The van der Waals surface area contributed by atoms with Gasteiger partial charge in [-0.3, -0.25) is 4.79 Å². The Morgan fingerprint density at radius 2 is 1.92 bits per heavy atom. The van der Waals surface area contributed by atoms with E-state index in [0.717, 1.165) is 24.4 Å². The average Bonchev–Trinajstić information content (AvgIpc) is 3.20. The molecule has 0 saturated carbocycles. The van der Waals surface area contributed by atoms with E-state index in [0.29, 0.717) is 12.2 Å². The van der Waals surface area contributed by atoms with Crippen LogP contribution in [0.1, 0.15) is 34.3 Å². The molecular formula is C19H20N4O. The van der Waals surface area contributed by atoms with E-state index in [1.165, 1.54) is 0 Å². The van der Waals surface area contributed by atoms with Gasteiger partial charge in [0.05, 0.1) is 0 Å². The Morgan fingerprint density at radius 1 is 1.08 bits per heavy atom. The summed E-state index contributed by atoms with van der Waals surface area (Å²) in [5, 5.41) is 0. The van der Waals surface area contributed by atoms with Crippen molar-refractivity contribution in [1.82, 2.24) is 19.0 Å². The summed E-state index contributed by atoms with van der Waals surface area (Å²) in [7, 11) is 1.91. The minimum Gasteiger partial charge on any atom is -0.347 e. The maximum absolute atomic E-state index is 13.2. The van der Waals surface area contributed by atoms with Crippen molar-refractivity contribution in [3.05, 3.63) is 78.1 Å². The van der Waals surface area contributed by atoms with Crippen LogP contribution in [0, 0.1) is 0 Å². The summed E-state index contributed by atoms with van der Waals surface area (Å²) in [4.78, 5) is 19.7. The largest absolute Gasteiger partial charge is 0.347 e. The Bertz CT molecular complexity index is 849. The van der Waals surface area contributed by atoms with Crippen LogP contribution >= 0.6 is 0 Å². The van der Waals surface area contributed by atoms with E-state index in [2.05, 4.69) is 21.7 Å². The molecule has 1 amide bonds. The number of carbonyl (C=O) groups excluding carboxylic acids is 1. The molecule has 1 aliphatic rings. The molecule has 0 radical (unpaired) electrons. The smallest absolute Gasteiger partial charge is 0.271 e. The number of benzene rings is 1. The molecule has 2 aromatic heterocycles. The van der Waals surface area contributed by atoms with Gasteiger partial charge in [-0.15, -0.1) is 0 Å². The quantitative estimate of drug-likeness (QED) is 0.729. The van der Waals surface area contributed by atoms with Crippen molar-refractivity contribution in [3.8, 4) is 0 Å². The number of hydrogen-bond donors (Lipinski definition) is 0. The monoisotopic (exact) mass is 320 g/mol. The van der Waals surface area contributed by atoms with Crippen molar-refractivity contribution in [2.45, 2.75) is 19.0 Å². The molecule has 0 aliphatic carbocycles. The molecule has 1 unspecified atom stereocenters. The van der Waals surface area contributed by atoms with Crippen LogP contribution in [-0.2, 0) is 13.6 Å². The van der Waals surface area contributed by atoms with Crippen molar-refractivity contribution >= 4 is 5.91 Å². The van der Waals surface area contributed by atoms with Crippen LogP contribution in [0.25, 0.3) is 0 Å². The molecule has 0 saturated heterocycles. The number of imidazole rings is 1. The topological polar surface area (TPSA) is 43.1 Å². The lowest BCUT2D eigenvalue weighted by molar-refractivity contribution is 0.0697. The van der Waals surface area contributed by atoms with Crippen molar-refractivity contribution in [2.75, 3.05) is 6.54 Å². The first-order valence-electron chi connectivity index (χ1n) is 8.24. The number of nitrogens with zero attached hydrogens (tertiary/aromatic N) is 4. The lowest BCUT2D eigenvalue weighted by atomic mass is 10.0. The Labute approximate surface area is 141 Å². The third kappa shape index (κ3) is 2.42. The molecule has 0 spiro atoms. The molecule has 0 fully saturated rings. The molecule has 0 bridgehead atoms. The number of aryl methyl sites for hydroxylation is 2. The highest BCUT2D eigenvalue weighted by molar-refractivity contribution is 5.93. The molecule has 1 atom stereocenters. The molecule has 3 aromatic rings. The summed E-state index contributed by atoms with van der Waals surface area (Å²) in [6, 6.07) is 13.8. The van der Waals surface area contributed by atoms with Gasteiger partial charge in [-0.1, -0.05) is 30.3 Å². The summed E-state index contributed by atoms with van der Waals surface area (Å²) >= 11 is 0. The zero-order valence-corrected chi connectivity index (χ0v) is 13.7. The van der Waals surface area contributed by atoms with Crippen LogP contribution in [0.2, 0.25) is 0 Å². The molecule has 5 nitrogen and oxygen atoms in total. The van der Waals surface area contributed by atoms with E-state index < -0.39 is 0 Å². The summed E-state index contributed by atoms with van der Waals surface area (Å²) < 4.78 is 4.04. The number of rotatable bonds is 2. The number of fused-ring (bicyclic) bond motifs is 1. The molecule has 4 rings (SSSR count). The molecule has 1 aliphatic heterocycles. The molecule has 0 N–H and O–H groups in total. The fourth-order valence-electron chi connectivity index (χ4n) is 3.45. The highest BCUT2D eigenvalue weighted by Crippen LogP contribution is 2.31. The summed E-state index contributed by atoms with van der Waals surface area (Å²) in [5.41, 5.74) is 1.80. The van der Waals surface area contributed by atoms with E-state index in [9.17, 15) is 4.79 Å². The molecule has 3 heterocycles. The summed E-state index contributed by atoms with van der Waals surface area (Å²) in [5.74, 6) is 0.981. The molecule has 122 valence electrons. The first-order chi connectivity index (χ1) is 11.8. The fourth-order valence-corrected chi connectivity index (χ4v) is 3.45. The number of carbonyl (C=O) groups is 1. The minimum atomic E-state index is -0.161. The van der Waals surface area contributed by atoms with Crippen LogP contribution < -0.4 is 0 Å². The third-order valence-corrected chi connectivity index (χ3v) is 4.64. The Kier molecular flexibility index (Phi) is 3.69. The van der Waals surface area contributed by atoms with Crippen LogP contribution in [0.3, 0.4) is 0 Å². The van der Waals surface area contributed by atoms with Gasteiger partial charge in [0, 0.05) is 38.7 Å². The fraction of sp³-hybridized carbons (Fsp3) is 0.263. The summed E-state index contributed by atoms with van der Waals surface area (Å²) in [6.07, 6.45) is 6.65. The predicted octanol–water partition coefficient (Wildman–Crippen LogP) is 2.86. The lowest BCUT2D eigenvalue weighted by Crippen LogP contribution is -2.37. The van der Waals surface area contributed by atoms with Crippen LogP contribution in [0.5, 0.6) is 0 Å². The third-order valence-electron chi connectivity index (χ3n) is 4.64. The number of amides is 1. The normalized spacial score (nSPS) is 17.4. The van der Waals surface area contributed by atoms with Gasteiger partial charge in [0.1, 0.15) is 17.6 Å². The van der Waals surface area contributed by atoms with Gasteiger partial charge >= 0.3 is 0 Å². The molecule has 24 heavy (non-hydrogen) atoms. The van der Waals surface area contributed by atoms with E-state index in [1.54, 1.807) is 0 Å². The van der Waals surface area contributed by atoms with Gasteiger partial charge in [-0.05, 0) is 24.1 Å². The molecule has 1 aromatic carbocycles. The van der Waals surface area contributed by atoms with Gasteiger partial charge in [-0.2, -0.15) is 0 Å². The second-order valence-corrected chi connectivity index (χ2v) is 6.15. The Morgan fingerprint density at radius 3 is 2.67 bits per heavy atom. The van der Waals surface area contributed by atoms with Crippen molar-refractivity contribution < 1.29 is 4.79 Å². The summed E-state index contributed by atoms with van der Waals surface area (Å²) in [6.45, 7) is 1.60. The Balaban J connectivity index is 1.82. The van der Waals surface area contributed by atoms with Crippen molar-refractivity contribution in [2.24, 2.45) is 7.05 Å². The second kappa shape index (κ2) is 6.00. The lowest BCUT2D eigenvalue weighted by Gasteiger charge is -2.30. The SMILES string of the molecule is Cn1cccc1C(=O)N1CCCn2ccnc2C1c1ccccc1. The number of hydrogen-bond acceptors (Lipinski definition) is 2. The van der Waals surface area contributed by atoms with Gasteiger partial charge in [0.2, 0.25) is 0 Å². The van der Waals surface area contributed by atoms with Crippen molar-refractivity contribution in [1.29, 1.82) is 0 Å². The van der Waals surface area contributed by atoms with Crippen molar-refractivity contribution in [3.63, 3.8) is 0 Å². The predicted molar refractivity (Wildman–Crippen MR) is 91.6 cm³/mol. The van der Waals surface area contributed by atoms with Gasteiger partial charge in [-0.25, -0.2) is 4.98 Å². The van der Waals surface area contributed by atoms with Gasteiger partial charge < -0.3 is 14.0 Å². The average molecular weight is 320 g/mol. The van der Waals surface area contributed by atoms with E-state index in [-0.39, 0.29) is 11.9 Å². The highest BCUT2D eigenvalue weighted by Gasteiger charge is 2.33. The van der Waals surface area contributed by atoms with Gasteiger partial charge in [0.25, 0.3) is 5.91 Å². The molecule has 5 heteroatoms. The molecular weight excluding hydrogens is 300 g/mol.